The number of halogens is 2. The number of hydrogen-bond donors (Lipinski definition) is 0. The SMILES string of the molecule is C[N]c1ccc(F)c(Cl)c1. The molecule has 0 aromatic heterocycles. The molecule has 10 heavy (non-hydrogen) atoms. The van der Waals surface area contributed by atoms with Gasteiger partial charge in [0.2, 0.25) is 0 Å². The fourth-order valence-corrected chi connectivity index (χ4v) is 0.799. The second kappa shape index (κ2) is 2.88. The molecule has 53 valence electrons. The van der Waals surface area contributed by atoms with Gasteiger partial charge in [0, 0.05) is 7.05 Å². The zero-order valence-electron chi connectivity index (χ0n) is 5.44. The summed E-state index contributed by atoms with van der Waals surface area (Å²) in [6, 6.07) is 4.35. The Morgan fingerprint density at radius 2 is 2.20 bits per heavy atom. The van der Waals surface area contributed by atoms with Crippen molar-refractivity contribution < 1.29 is 4.39 Å². The van der Waals surface area contributed by atoms with E-state index in [0.29, 0.717) is 5.69 Å². The second-order valence-corrected chi connectivity index (χ2v) is 2.23. The van der Waals surface area contributed by atoms with Gasteiger partial charge >= 0.3 is 0 Å². The molecule has 0 aliphatic carbocycles. The topological polar surface area (TPSA) is 14.1 Å². The molecule has 0 heterocycles. The van der Waals surface area contributed by atoms with Gasteiger partial charge in [0.25, 0.3) is 0 Å². The highest BCUT2D eigenvalue weighted by Gasteiger charge is 1.98. The molecule has 0 fully saturated rings. The van der Waals surface area contributed by atoms with Gasteiger partial charge in [-0.3, -0.25) is 5.32 Å². The molecule has 1 radical (unpaired) electrons. The van der Waals surface area contributed by atoms with Crippen LogP contribution in [0.1, 0.15) is 0 Å². The van der Waals surface area contributed by atoms with Crippen molar-refractivity contribution in [1.82, 2.24) is 5.32 Å². The van der Waals surface area contributed by atoms with E-state index in [2.05, 4.69) is 5.32 Å². The van der Waals surface area contributed by atoms with Crippen molar-refractivity contribution in [1.29, 1.82) is 0 Å². The summed E-state index contributed by atoms with van der Waals surface area (Å²) in [4.78, 5) is 0. The second-order valence-electron chi connectivity index (χ2n) is 1.82. The van der Waals surface area contributed by atoms with Crippen molar-refractivity contribution in [2.24, 2.45) is 0 Å². The molecule has 0 bridgehead atoms. The van der Waals surface area contributed by atoms with E-state index in [-0.39, 0.29) is 5.02 Å². The number of benzene rings is 1. The van der Waals surface area contributed by atoms with Gasteiger partial charge in [0.1, 0.15) is 5.82 Å². The average Bonchev–Trinajstić information content (AvgIpc) is 1.95. The zero-order valence-corrected chi connectivity index (χ0v) is 6.19. The maximum Gasteiger partial charge on any atom is 0.141 e. The van der Waals surface area contributed by atoms with Crippen LogP contribution in [0, 0.1) is 5.82 Å². The molecule has 3 heteroatoms. The van der Waals surface area contributed by atoms with E-state index in [1.54, 1.807) is 13.1 Å². The highest BCUT2D eigenvalue weighted by molar-refractivity contribution is 6.30. The fourth-order valence-electron chi connectivity index (χ4n) is 0.624. The maximum absolute atomic E-state index is 12.5. The predicted molar refractivity (Wildman–Crippen MR) is 39.1 cm³/mol. The smallest absolute Gasteiger partial charge is 0.141 e. The minimum atomic E-state index is -0.408. The predicted octanol–water partition coefficient (Wildman–Crippen LogP) is 2.34. The van der Waals surface area contributed by atoms with Gasteiger partial charge in [-0.2, -0.15) is 0 Å². The van der Waals surface area contributed by atoms with Crippen LogP contribution in [0.4, 0.5) is 10.1 Å². The Bertz CT molecular complexity index is 237. The van der Waals surface area contributed by atoms with Crippen molar-refractivity contribution in [3.63, 3.8) is 0 Å². The van der Waals surface area contributed by atoms with Crippen molar-refractivity contribution in [2.75, 3.05) is 7.05 Å². The summed E-state index contributed by atoms with van der Waals surface area (Å²) in [5.41, 5.74) is 0.686. The van der Waals surface area contributed by atoms with Crippen molar-refractivity contribution in [3.8, 4) is 0 Å². The molecular formula is C7H6ClFN. The largest absolute Gasteiger partial charge is 0.289 e. The molecule has 1 nitrogen and oxygen atoms in total. The van der Waals surface area contributed by atoms with E-state index in [4.69, 9.17) is 11.6 Å². The number of rotatable bonds is 1. The average molecular weight is 159 g/mol. The molecule has 0 amide bonds. The first-order valence-electron chi connectivity index (χ1n) is 2.79. The lowest BCUT2D eigenvalue weighted by Crippen LogP contribution is -1.86. The molecule has 1 aromatic carbocycles. The first kappa shape index (κ1) is 7.35. The number of nitrogens with zero attached hydrogens (tertiary/aromatic N) is 1. The van der Waals surface area contributed by atoms with E-state index in [1.165, 1.54) is 12.1 Å². The van der Waals surface area contributed by atoms with Crippen LogP contribution >= 0.6 is 11.6 Å². The van der Waals surface area contributed by atoms with E-state index in [0.717, 1.165) is 0 Å². The van der Waals surface area contributed by atoms with Gasteiger partial charge in [0.05, 0.1) is 10.7 Å². The van der Waals surface area contributed by atoms with Gasteiger partial charge in [-0.15, -0.1) is 0 Å². The Morgan fingerprint density at radius 3 is 2.70 bits per heavy atom. The monoisotopic (exact) mass is 158 g/mol. The summed E-state index contributed by atoms with van der Waals surface area (Å²) < 4.78 is 12.5. The number of hydrogen-bond acceptors (Lipinski definition) is 0. The molecule has 0 saturated carbocycles. The summed E-state index contributed by atoms with van der Waals surface area (Å²) in [5, 5.41) is 3.94. The molecule has 0 aliphatic heterocycles. The molecular weight excluding hydrogens is 153 g/mol. The van der Waals surface area contributed by atoms with Crippen molar-refractivity contribution in [2.45, 2.75) is 0 Å². The van der Waals surface area contributed by atoms with Gasteiger partial charge in [0.15, 0.2) is 0 Å². The normalized spacial score (nSPS) is 9.50. The van der Waals surface area contributed by atoms with Crippen LogP contribution in [0.15, 0.2) is 18.2 Å². The Labute approximate surface area is 63.8 Å². The molecule has 1 aromatic rings. The molecule has 0 atom stereocenters. The fraction of sp³-hybridized carbons (Fsp3) is 0.143. The first-order valence-corrected chi connectivity index (χ1v) is 3.16. The zero-order chi connectivity index (χ0) is 7.56. The van der Waals surface area contributed by atoms with Crippen LogP contribution in [0.25, 0.3) is 0 Å². The summed E-state index contributed by atoms with van der Waals surface area (Å²) in [7, 11) is 1.63. The molecule has 0 N–H and O–H groups in total. The Morgan fingerprint density at radius 1 is 1.50 bits per heavy atom. The van der Waals surface area contributed by atoms with Crippen LogP contribution in [0.3, 0.4) is 0 Å². The lowest BCUT2D eigenvalue weighted by Gasteiger charge is -1.96. The minimum absolute atomic E-state index is 0.114. The third-order valence-corrected chi connectivity index (χ3v) is 1.45. The molecule has 0 unspecified atom stereocenters. The summed E-state index contributed by atoms with van der Waals surface area (Å²) in [5.74, 6) is -0.408. The molecule has 0 spiro atoms. The van der Waals surface area contributed by atoms with Crippen LogP contribution in [-0.2, 0) is 0 Å². The van der Waals surface area contributed by atoms with Crippen LogP contribution < -0.4 is 5.32 Å². The highest BCUT2D eigenvalue weighted by Crippen LogP contribution is 2.18. The van der Waals surface area contributed by atoms with E-state index in [1.807, 2.05) is 0 Å². The summed E-state index contributed by atoms with van der Waals surface area (Å²) in [6.07, 6.45) is 0. The maximum atomic E-state index is 12.5. The first-order chi connectivity index (χ1) is 4.74. The third kappa shape index (κ3) is 1.39. The Balaban J connectivity index is 3.04. The Hall–Kier alpha value is -0.760. The van der Waals surface area contributed by atoms with Gasteiger partial charge in [-0.25, -0.2) is 4.39 Å². The Kier molecular flexibility index (Phi) is 2.12. The van der Waals surface area contributed by atoms with Gasteiger partial charge < -0.3 is 0 Å². The van der Waals surface area contributed by atoms with Crippen LogP contribution in [0.5, 0.6) is 0 Å². The summed E-state index contributed by atoms with van der Waals surface area (Å²) in [6.45, 7) is 0. The lowest BCUT2D eigenvalue weighted by atomic mass is 10.3. The van der Waals surface area contributed by atoms with E-state index in [9.17, 15) is 4.39 Å². The molecule has 0 saturated heterocycles. The summed E-state index contributed by atoms with van der Waals surface area (Å²) >= 11 is 5.46. The van der Waals surface area contributed by atoms with Gasteiger partial charge in [-0.1, -0.05) is 11.6 Å². The van der Waals surface area contributed by atoms with E-state index < -0.39 is 5.82 Å². The lowest BCUT2D eigenvalue weighted by molar-refractivity contribution is 0.628. The standard InChI is InChI=1S/C7H6ClFN/c1-10-5-2-3-7(9)6(8)4-5/h2-4H,1H3. The third-order valence-electron chi connectivity index (χ3n) is 1.16. The van der Waals surface area contributed by atoms with E-state index >= 15 is 0 Å². The van der Waals surface area contributed by atoms with Crippen molar-refractivity contribution in [3.05, 3.63) is 29.0 Å². The molecule has 0 aliphatic rings. The highest BCUT2D eigenvalue weighted by atomic mass is 35.5. The van der Waals surface area contributed by atoms with Crippen LogP contribution in [0.2, 0.25) is 5.02 Å². The minimum Gasteiger partial charge on any atom is -0.289 e. The molecule has 1 rings (SSSR count). The quantitative estimate of drug-likeness (QED) is 0.596. The van der Waals surface area contributed by atoms with Crippen LogP contribution in [-0.4, -0.2) is 7.05 Å². The van der Waals surface area contributed by atoms with Gasteiger partial charge in [-0.05, 0) is 18.2 Å². The van der Waals surface area contributed by atoms with Crippen molar-refractivity contribution >= 4 is 17.3 Å².